The molecule has 0 unspecified atom stereocenters. The molecule has 1 N–H and O–H groups in total. The van der Waals surface area contributed by atoms with Crippen molar-refractivity contribution in [1.82, 2.24) is 0 Å². The average molecular weight is 342 g/mol. The van der Waals surface area contributed by atoms with Gasteiger partial charge in [0, 0.05) is 23.7 Å². The van der Waals surface area contributed by atoms with E-state index < -0.39 is 5.60 Å². The van der Waals surface area contributed by atoms with Gasteiger partial charge in [-0.2, -0.15) is 0 Å². The third kappa shape index (κ3) is 2.08. The van der Waals surface area contributed by atoms with Gasteiger partial charge in [-0.05, 0) is 56.4 Å². The first kappa shape index (κ1) is 17.2. The predicted octanol–water partition coefficient (Wildman–Crippen LogP) is 4.15. The summed E-state index contributed by atoms with van der Waals surface area (Å²) in [6.07, 6.45) is 10.6. The number of hydrogen-bond acceptors (Lipinski definition) is 3. The fourth-order valence-electron chi connectivity index (χ4n) is 6.62. The molecule has 2 fully saturated rings. The van der Waals surface area contributed by atoms with Crippen molar-refractivity contribution in [2.24, 2.45) is 22.7 Å². The van der Waals surface area contributed by atoms with Crippen molar-refractivity contribution in [3.63, 3.8) is 0 Å². The first-order valence-electron chi connectivity index (χ1n) is 9.96. The van der Waals surface area contributed by atoms with Crippen LogP contribution in [0.3, 0.4) is 0 Å². The molecular formula is C22H30O3. The zero-order valence-electron chi connectivity index (χ0n) is 15.7. The lowest BCUT2D eigenvalue weighted by Gasteiger charge is -2.54. The first-order chi connectivity index (χ1) is 11.8. The van der Waals surface area contributed by atoms with Gasteiger partial charge in [0.05, 0.1) is 0 Å². The summed E-state index contributed by atoms with van der Waals surface area (Å²) in [5, 5.41) is 11.3. The van der Waals surface area contributed by atoms with Gasteiger partial charge >= 0.3 is 0 Å². The second kappa shape index (κ2) is 5.39. The molecule has 0 bridgehead atoms. The smallest absolute Gasteiger partial charge is 0.164 e. The maximum atomic E-state index is 12.6. The molecule has 3 nitrogen and oxygen atoms in total. The van der Waals surface area contributed by atoms with E-state index in [2.05, 4.69) is 19.9 Å². The minimum atomic E-state index is -1.16. The minimum Gasteiger partial charge on any atom is -0.381 e. The summed E-state index contributed by atoms with van der Waals surface area (Å²) in [7, 11) is 0. The molecule has 5 atom stereocenters. The van der Waals surface area contributed by atoms with E-state index >= 15 is 0 Å². The highest BCUT2D eigenvalue weighted by molar-refractivity contribution is 5.92. The van der Waals surface area contributed by atoms with E-state index in [1.54, 1.807) is 0 Å². The summed E-state index contributed by atoms with van der Waals surface area (Å²) in [6.45, 7) is 6.31. The quantitative estimate of drug-likeness (QED) is 0.767. The van der Waals surface area contributed by atoms with Crippen LogP contribution in [0.25, 0.3) is 0 Å². The number of Topliss-reactive ketones (excluding diaryl/α,β-unsaturated/α-hetero) is 1. The first-order valence-corrected chi connectivity index (χ1v) is 9.96. The molecule has 0 amide bonds. The monoisotopic (exact) mass is 342 g/mol. The van der Waals surface area contributed by atoms with E-state index in [0.29, 0.717) is 31.1 Å². The molecule has 0 radical (unpaired) electrons. The van der Waals surface area contributed by atoms with Crippen LogP contribution in [0.1, 0.15) is 72.1 Å². The van der Waals surface area contributed by atoms with Crippen molar-refractivity contribution in [1.29, 1.82) is 0 Å². The zero-order chi connectivity index (χ0) is 18.0. The third-order valence-corrected chi connectivity index (χ3v) is 8.27. The van der Waals surface area contributed by atoms with E-state index in [1.807, 2.05) is 13.0 Å². The molecule has 25 heavy (non-hydrogen) atoms. The Labute approximate surface area is 150 Å². The maximum absolute atomic E-state index is 12.6. The van der Waals surface area contributed by atoms with Gasteiger partial charge in [0.15, 0.2) is 11.6 Å². The molecule has 4 rings (SSSR count). The van der Waals surface area contributed by atoms with E-state index in [-0.39, 0.29) is 22.4 Å². The zero-order valence-corrected chi connectivity index (χ0v) is 15.7. The average Bonchev–Trinajstić information content (AvgIpc) is 2.87. The molecule has 0 heterocycles. The van der Waals surface area contributed by atoms with Crippen LogP contribution in [0.15, 0.2) is 23.3 Å². The molecule has 3 heteroatoms. The highest BCUT2D eigenvalue weighted by Gasteiger charge is 2.63. The van der Waals surface area contributed by atoms with Crippen molar-refractivity contribution < 1.29 is 14.7 Å². The maximum Gasteiger partial charge on any atom is 0.164 e. The van der Waals surface area contributed by atoms with Gasteiger partial charge in [-0.15, -0.1) is 0 Å². The topological polar surface area (TPSA) is 54.4 Å². The standard InChI is InChI=1S/C22H30O3/c1-4-19(24)22(25)12-9-18-16-6-5-14-13-15(23)7-10-20(14,2)17(16)8-11-21(18,22)3/h8,13,16,18,25H,4-7,9-12H2,1-3H3/t16-,18+,20+,21+,22+/m1/s1. The fraction of sp³-hybridized carbons (Fsp3) is 0.727. The predicted molar refractivity (Wildman–Crippen MR) is 96.9 cm³/mol. The highest BCUT2D eigenvalue weighted by atomic mass is 16.3. The largest absolute Gasteiger partial charge is 0.381 e. The number of carbonyl (C=O) groups excluding carboxylic acids is 2. The lowest BCUT2D eigenvalue weighted by atomic mass is 9.50. The summed E-state index contributed by atoms with van der Waals surface area (Å²) in [4.78, 5) is 24.4. The molecule has 136 valence electrons. The number of aliphatic hydroxyl groups is 1. The summed E-state index contributed by atoms with van der Waals surface area (Å²) in [5.41, 5.74) is 1.33. The van der Waals surface area contributed by atoms with Gasteiger partial charge in [0.25, 0.3) is 0 Å². The van der Waals surface area contributed by atoms with Gasteiger partial charge in [0.1, 0.15) is 5.60 Å². The van der Waals surface area contributed by atoms with Crippen LogP contribution in [0.5, 0.6) is 0 Å². The van der Waals surface area contributed by atoms with Crippen LogP contribution in [0.2, 0.25) is 0 Å². The Morgan fingerprint density at radius 3 is 2.72 bits per heavy atom. The van der Waals surface area contributed by atoms with Crippen molar-refractivity contribution in [3.05, 3.63) is 23.3 Å². The Bertz CT molecular complexity index is 702. The molecule has 0 aromatic heterocycles. The van der Waals surface area contributed by atoms with Gasteiger partial charge < -0.3 is 5.11 Å². The van der Waals surface area contributed by atoms with Gasteiger partial charge in [-0.25, -0.2) is 0 Å². The van der Waals surface area contributed by atoms with Crippen LogP contribution >= 0.6 is 0 Å². The summed E-state index contributed by atoms with van der Waals surface area (Å²) < 4.78 is 0. The Kier molecular flexibility index (Phi) is 3.71. The van der Waals surface area contributed by atoms with Gasteiger partial charge in [-0.1, -0.05) is 38.0 Å². The third-order valence-electron chi connectivity index (χ3n) is 8.27. The molecule has 0 aromatic carbocycles. The molecule has 4 aliphatic carbocycles. The number of allylic oxidation sites excluding steroid dienone is 4. The second-order valence-corrected chi connectivity index (χ2v) is 9.18. The summed E-state index contributed by atoms with van der Waals surface area (Å²) >= 11 is 0. The van der Waals surface area contributed by atoms with Crippen LogP contribution in [-0.2, 0) is 9.59 Å². The Balaban J connectivity index is 1.75. The van der Waals surface area contributed by atoms with Crippen LogP contribution in [-0.4, -0.2) is 22.3 Å². The summed E-state index contributed by atoms with van der Waals surface area (Å²) in [5.74, 6) is 1.12. The van der Waals surface area contributed by atoms with E-state index in [9.17, 15) is 14.7 Å². The van der Waals surface area contributed by atoms with E-state index in [0.717, 1.165) is 32.1 Å². The second-order valence-electron chi connectivity index (χ2n) is 9.18. The van der Waals surface area contributed by atoms with Crippen molar-refractivity contribution in [2.75, 3.05) is 0 Å². The number of hydrogen-bond donors (Lipinski definition) is 1. The fourth-order valence-corrected chi connectivity index (χ4v) is 6.62. The van der Waals surface area contributed by atoms with Crippen molar-refractivity contribution in [3.8, 4) is 0 Å². The van der Waals surface area contributed by atoms with Crippen molar-refractivity contribution in [2.45, 2.75) is 77.7 Å². The molecule has 0 spiro atoms. The molecule has 0 saturated heterocycles. The van der Waals surface area contributed by atoms with E-state index in [1.165, 1.54) is 11.1 Å². The normalized spacial score (nSPS) is 45.8. The Morgan fingerprint density at radius 2 is 2.00 bits per heavy atom. The lowest BCUT2D eigenvalue weighted by Crippen LogP contribution is -2.54. The SMILES string of the molecule is CCC(=O)[C@@]1(O)CC[C@H]2[C@@H]3CCC4=CC(=O)CC[C@]4(C)C3=CC[C@@]21C. The number of fused-ring (bicyclic) bond motifs is 5. The Hall–Kier alpha value is -1.22. The molecule has 4 aliphatic rings. The molecule has 2 saturated carbocycles. The molecule has 0 aromatic rings. The van der Waals surface area contributed by atoms with Crippen molar-refractivity contribution >= 4 is 11.6 Å². The minimum absolute atomic E-state index is 0.0141. The lowest BCUT2D eigenvalue weighted by molar-refractivity contribution is -0.152. The number of carbonyl (C=O) groups is 2. The van der Waals surface area contributed by atoms with Gasteiger partial charge in [-0.3, -0.25) is 9.59 Å². The highest BCUT2D eigenvalue weighted by Crippen LogP contribution is 2.65. The number of ketones is 2. The van der Waals surface area contributed by atoms with E-state index in [4.69, 9.17) is 0 Å². The molecule has 0 aliphatic heterocycles. The Morgan fingerprint density at radius 1 is 1.24 bits per heavy atom. The van der Waals surface area contributed by atoms with Gasteiger partial charge in [0.2, 0.25) is 0 Å². The van der Waals surface area contributed by atoms with Crippen LogP contribution in [0, 0.1) is 22.7 Å². The molecular weight excluding hydrogens is 312 g/mol. The summed E-state index contributed by atoms with van der Waals surface area (Å²) in [6, 6.07) is 0. The number of rotatable bonds is 2. The van der Waals surface area contributed by atoms with Crippen LogP contribution in [0.4, 0.5) is 0 Å². The van der Waals surface area contributed by atoms with Crippen LogP contribution < -0.4 is 0 Å².